The molecule has 0 radical (unpaired) electrons. The van der Waals surface area contributed by atoms with E-state index in [1.807, 2.05) is 0 Å². The van der Waals surface area contributed by atoms with Crippen LogP contribution in [0.5, 0.6) is 5.75 Å². The lowest BCUT2D eigenvalue weighted by Crippen LogP contribution is -2.32. The average molecular weight is 218 g/mol. The Kier molecular flexibility index (Phi) is 2.11. The van der Waals surface area contributed by atoms with E-state index in [9.17, 15) is 9.90 Å². The van der Waals surface area contributed by atoms with Crippen molar-refractivity contribution in [3.63, 3.8) is 0 Å². The largest absolute Gasteiger partial charge is 0.508 e. The number of aromatic hydroxyl groups is 1. The van der Waals surface area contributed by atoms with Crippen LogP contribution < -0.4 is 10.6 Å². The molecule has 2 unspecified atom stereocenters. The van der Waals surface area contributed by atoms with Crippen molar-refractivity contribution in [2.45, 2.75) is 6.04 Å². The number of benzene rings is 1. The summed E-state index contributed by atoms with van der Waals surface area (Å²) in [7, 11) is 0. The van der Waals surface area contributed by atoms with Crippen LogP contribution in [-0.4, -0.2) is 30.1 Å². The van der Waals surface area contributed by atoms with E-state index in [-0.39, 0.29) is 11.7 Å². The van der Waals surface area contributed by atoms with Crippen LogP contribution in [0.4, 0.5) is 0 Å². The number of carbonyl (C=O) groups excluding carboxylic acids is 1. The molecule has 1 saturated carbocycles. The maximum Gasteiger partial charge on any atom is 0.251 e. The first-order chi connectivity index (χ1) is 7.75. The highest BCUT2D eigenvalue weighted by atomic mass is 16.3. The minimum atomic E-state index is -0.0877. The fourth-order valence-corrected chi connectivity index (χ4v) is 2.51. The van der Waals surface area contributed by atoms with Crippen LogP contribution in [0.3, 0.4) is 0 Å². The summed E-state index contributed by atoms with van der Waals surface area (Å²) in [5.74, 6) is 1.27. The molecule has 2 fully saturated rings. The molecule has 1 aromatic rings. The molecule has 1 aromatic carbocycles. The molecule has 1 heterocycles. The number of phenols is 1. The molecule has 4 nitrogen and oxygen atoms in total. The van der Waals surface area contributed by atoms with E-state index in [1.54, 1.807) is 18.2 Å². The van der Waals surface area contributed by atoms with Gasteiger partial charge < -0.3 is 15.7 Å². The molecular weight excluding hydrogens is 204 g/mol. The number of nitrogens with one attached hydrogen (secondary N) is 2. The van der Waals surface area contributed by atoms with E-state index in [0.29, 0.717) is 23.4 Å². The molecule has 3 N–H and O–H groups in total. The fourth-order valence-electron chi connectivity index (χ4n) is 2.51. The van der Waals surface area contributed by atoms with Gasteiger partial charge in [-0.3, -0.25) is 4.79 Å². The Labute approximate surface area is 93.7 Å². The summed E-state index contributed by atoms with van der Waals surface area (Å²) in [6.07, 6.45) is 0. The maximum absolute atomic E-state index is 11.8. The van der Waals surface area contributed by atoms with Gasteiger partial charge >= 0.3 is 0 Å². The minimum absolute atomic E-state index is 0.0877. The summed E-state index contributed by atoms with van der Waals surface area (Å²) in [6.45, 7) is 2.02. The van der Waals surface area contributed by atoms with Gasteiger partial charge in [0, 0.05) is 24.7 Å². The molecule has 0 spiro atoms. The number of carbonyl (C=O) groups is 1. The molecule has 2 atom stereocenters. The summed E-state index contributed by atoms with van der Waals surface area (Å²) in [5.41, 5.74) is 0.526. The van der Waals surface area contributed by atoms with Crippen molar-refractivity contribution < 1.29 is 9.90 Å². The number of fused-ring (bicyclic) bond motifs is 1. The lowest BCUT2D eigenvalue weighted by atomic mass is 10.2. The van der Waals surface area contributed by atoms with Crippen molar-refractivity contribution in [1.29, 1.82) is 0 Å². The Morgan fingerprint density at radius 1 is 1.38 bits per heavy atom. The maximum atomic E-state index is 11.8. The molecule has 2 aliphatic rings. The number of amides is 1. The van der Waals surface area contributed by atoms with Crippen LogP contribution in [0, 0.1) is 11.8 Å². The first kappa shape index (κ1) is 9.66. The first-order valence-corrected chi connectivity index (χ1v) is 5.56. The van der Waals surface area contributed by atoms with E-state index < -0.39 is 0 Å². The second-order valence-corrected chi connectivity index (χ2v) is 4.54. The smallest absolute Gasteiger partial charge is 0.251 e. The molecule has 1 saturated heterocycles. The Morgan fingerprint density at radius 2 is 2.12 bits per heavy atom. The van der Waals surface area contributed by atoms with Gasteiger partial charge in [-0.15, -0.1) is 0 Å². The number of hydrogen-bond donors (Lipinski definition) is 3. The summed E-state index contributed by atoms with van der Waals surface area (Å²) < 4.78 is 0. The van der Waals surface area contributed by atoms with E-state index in [0.717, 1.165) is 13.1 Å². The Hall–Kier alpha value is -1.55. The van der Waals surface area contributed by atoms with Gasteiger partial charge in [0.15, 0.2) is 0 Å². The highest BCUT2D eigenvalue weighted by Crippen LogP contribution is 2.41. The molecular formula is C12H14N2O2. The van der Waals surface area contributed by atoms with Gasteiger partial charge in [-0.05, 0) is 30.0 Å². The normalized spacial score (nSPS) is 30.9. The predicted molar refractivity (Wildman–Crippen MR) is 59.2 cm³/mol. The third-order valence-electron chi connectivity index (χ3n) is 3.50. The number of rotatable bonds is 2. The van der Waals surface area contributed by atoms with Gasteiger partial charge in [0.25, 0.3) is 5.91 Å². The molecule has 0 bridgehead atoms. The molecule has 16 heavy (non-hydrogen) atoms. The van der Waals surface area contributed by atoms with Gasteiger partial charge in [-0.2, -0.15) is 0 Å². The van der Waals surface area contributed by atoms with E-state index in [1.165, 1.54) is 6.07 Å². The Bertz CT molecular complexity index is 423. The van der Waals surface area contributed by atoms with Crippen LogP contribution in [-0.2, 0) is 0 Å². The van der Waals surface area contributed by atoms with Crippen LogP contribution in [0.15, 0.2) is 24.3 Å². The first-order valence-electron chi connectivity index (χ1n) is 5.56. The third kappa shape index (κ3) is 1.55. The van der Waals surface area contributed by atoms with Gasteiger partial charge in [0.05, 0.1) is 0 Å². The quantitative estimate of drug-likeness (QED) is 0.671. The monoisotopic (exact) mass is 218 g/mol. The van der Waals surface area contributed by atoms with Gasteiger partial charge in [-0.25, -0.2) is 0 Å². The zero-order chi connectivity index (χ0) is 11.1. The van der Waals surface area contributed by atoms with Crippen molar-refractivity contribution in [3.8, 4) is 5.75 Å². The van der Waals surface area contributed by atoms with Crippen molar-refractivity contribution in [2.24, 2.45) is 11.8 Å². The highest BCUT2D eigenvalue weighted by molar-refractivity contribution is 5.95. The average Bonchev–Trinajstić information content (AvgIpc) is 2.74. The fraction of sp³-hybridized carbons (Fsp3) is 0.417. The summed E-state index contributed by atoms with van der Waals surface area (Å²) in [5, 5.41) is 15.6. The number of hydrogen-bond acceptors (Lipinski definition) is 3. The van der Waals surface area contributed by atoms with Crippen LogP contribution in [0.2, 0.25) is 0 Å². The van der Waals surface area contributed by atoms with E-state index in [2.05, 4.69) is 10.6 Å². The third-order valence-corrected chi connectivity index (χ3v) is 3.50. The SMILES string of the molecule is O=C(NC1C2CNCC21)c1cccc(O)c1. The summed E-state index contributed by atoms with van der Waals surface area (Å²) in [4.78, 5) is 11.8. The molecule has 1 amide bonds. The zero-order valence-electron chi connectivity index (χ0n) is 8.81. The molecule has 84 valence electrons. The Morgan fingerprint density at radius 3 is 2.81 bits per heavy atom. The second kappa shape index (κ2) is 3.49. The lowest BCUT2D eigenvalue weighted by Gasteiger charge is -2.07. The van der Waals surface area contributed by atoms with Crippen molar-refractivity contribution >= 4 is 5.91 Å². The zero-order valence-corrected chi connectivity index (χ0v) is 8.81. The predicted octanol–water partition coefficient (Wildman–Crippen LogP) is 0.340. The number of piperidine rings is 1. The van der Waals surface area contributed by atoms with Crippen molar-refractivity contribution in [3.05, 3.63) is 29.8 Å². The van der Waals surface area contributed by atoms with Gasteiger partial charge in [0.1, 0.15) is 5.75 Å². The van der Waals surface area contributed by atoms with E-state index in [4.69, 9.17) is 0 Å². The second-order valence-electron chi connectivity index (χ2n) is 4.54. The van der Waals surface area contributed by atoms with Crippen molar-refractivity contribution in [1.82, 2.24) is 10.6 Å². The molecule has 1 aliphatic heterocycles. The van der Waals surface area contributed by atoms with Crippen LogP contribution >= 0.6 is 0 Å². The minimum Gasteiger partial charge on any atom is -0.508 e. The van der Waals surface area contributed by atoms with E-state index >= 15 is 0 Å². The van der Waals surface area contributed by atoms with Crippen molar-refractivity contribution in [2.75, 3.05) is 13.1 Å². The lowest BCUT2D eigenvalue weighted by molar-refractivity contribution is 0.0946. The molecule has 0 aromatic heterocycles. The molecule has 4 heteroatoms. The summed E-state index contributed by atoms with van der Waals surface area (Å²) >= 11 is 0. The Balaban J connectivity index is 1.66. The topological polar surface area (TPSA) is 61.4 Å². The van der Waals surface area contributed by atoms with Crippen LogP contribution in [0.1, 0.15) is 10.4 Å². The summed E-state index contributed by atoms with van der Waals surface area (Å²) in [6, 6.07) is 6.78. The van der Waals surface area contributed by atoms with Gasteiger partial charge in [-0.1, -0.05) is 6.07 Å². The number of phenolic OH excluding ortho intramolecular Hbond substituents is 1. The van der Waals surface area contributed by atoms with Gasteiger partial charge in [0.2, 0.25) is 0 Å². The standard InChI is InChI=1S/C12H14N2O2/c15-8-3-1-2-7(4-8)12(16)14-11-9-5-13-6-10(9)11/h1-4,9-11,13,15H,5-6H2,(H,14,16). The molecule has 3 rings (SSSR count). The highest BCUT2D eigenvalue weighted by Gasteiger charge is 2.53. The molecule has 1 aliphatic carbocycles. The van der Waals surface area contributed by atoms with Crippen LogP contribution in [0.25, 0.3) is 0 Å².